The van der Waals surface area contributed by atoms with E-state index in [1.54, 1.807) is 0 Å². The normalized spacial score (nSPS) is 18.0. The highest BCUT2D eigenvalue weighted by atomic mass is 32.1. The molecule has 0 unspecified atom stereocenters. The van der Waals surface area contributed by atoms with Crippen LogP contribution < -0.4 is 26.2 Å². The molecular formula is C65H67BN2S. The Morgan fingerprint density at radius 3 is 1.67 bits per heavy atom. The highest BCUT2D eigenvalue weighted by Gasteiger charge is 2.50. The summed E-state index contributed by atoms with van der Waals surface area (Å²) in [4.78, 5) is 5.50. The third kappa shape index (κ3) is 6.71. The molecule has 0 atom stereocenters. The van der Waals surface area contributed by atoms with Crippen LogP contribution in [0.3, 0.4) is 0 Å². The van der Waals surface area contributed by atoms with Gasteiger partial charge in [0.05, 0.1) is 10.7 Å². The molecule has 12 rings (SSSR count). The van der Waals surface area contributed by atoms with Gasteiger partial charge in [-0.2, -0.15) is 0 Å². The van der Waals surface area contributed by atoms with Gasteiger partial charge in [-0.1, -0.05) is 173 Å². The van der Waals surface area contributed by atoms with Crippen molar-refractivity contribution in [2.24, 2.45) is 0 Å². The third-order valence-electron chi connectivity index (χ3n) is 17.1. The maximum Gasteiger partial charge on any atom is 0.254 e. The van der Waals surface area contributed by atoms with E-state index in [1.165, 1.54) is 135 Å². The molecule has 0 bridgehead atoms. The van der Waals surface area contributed by atoms with Crippen LogP contribution in [0.25, 0.3) is 32.3 Å². The molecule has 2 nitrogen and oxygen atoms in total. The van der Waals surface area contributed by atoms with E-state index in [-0.39, 0.29) is 33.8 Å². The number of benzene rings is 7. The minimum absolute atomic E-state index is 0.0255. The molecule has 0 N–H and O–H groups in total. The van der Waals surface area contributed by atoms with Crippen LogP contribution in [0.2, 0.25) is 0 Å². The zero-order chi connectivity index (χ0) is 48.2. The minimum atomic E-state index is -0.0752. The molecule has 0 spiro atoms. The second-order valence-electron chi connectivity index (χ2n) is 24.7. The molecule has 4 aliphatic rings. The molecule has 4 heteroatoms. The molecule has 0 saturated heterocycles. The van der Waals surface area contributed by atoms with Gasteiger partial charge in [-0.3, -0.25) is 0 Å². The maximum absolute atomic E-state index is 2.77. The lowest BCUT2D eigenvalue weighted by Gasteiger charge is -2.50. The van der Waals surface area contributed by atoms with Gasteiger partial charge in [-0.05, 0) is 168 Å². The Labute approximate surface area is 416 Å². The topological polar surface area (TPSA) is 6.48 Å². The van der Waals surface area contributed by atoms with Crippen molar-refractivity contribution in [2.75, 3.05) is 9.80 Å². The highest BCUT2D eigenvalue weighted by Crippen LogP contribution is 2.57. The average Bonchev–Trinajstić information content (AvgIpc) is 3.70. The van der Waals surface area contributed by atoms with E-state index in [0.717, 1.165) is 6.42 Å². The molecular weight excluding hydrogens is 852 g/mol. The Morgan fingerprint density at radius 1 is 0.507 bits per heavy atom. The monoisotopic (exact) mass is 919 g/mol. The van der Waals surface area contributed by atoms with Gasteiger partial charge in [0, 0.05) is 38.6 Å². The van der Waals surface area contributed by atoms with Crippen molar-refractivity contribution in [3.8, 4) is 22.3 Å². The number of hydrogen-bond donors (Lipinski definition) is 0. The zero-order valence-corrected chi connectivity index (χ0v) is 43.8. The number of rotatable bonds is 4. The number of nitrogens with zero attached hydrogens (tertiary/aromatic N) is 2. The smallest absolute Gasteiger partial charge is 0.254 e. The van der Waals surface area contributed by atoms with E-state index in [4.69, 9.17) is 0 Å². The van der Waals surface area contributed by atoms with E-state index in [2.05, 4.69) is 232 Å². The summed E-state index contributed by atoms with van der Waals surface area (Å²) in [6.07, 6.45) is 4.69. The van der Waals surface area contributed by atoms with E-state index in [0.29, 0.717) is 0 Å². The van der Waals surface area contributed by atoms with Crippen molar-refractivity contribution in [2.45, 2.75) is 136 Å². The van der Waals surface area contributed by atoms with Crippen molar-refractivity contribution in [1.82, 2.24) is 0 Å². The van der Waals surface area contributed by atoms with Crippen molar-refractivity contribution in [1.29, 1.82) is 0 Å². The first-order valence-corrected chi connectivity index (χ1v) is 26.5. The zero-order valence-electron chi connectivity index (χ0n) is 43.0. The number of hydrogen-bond acceptors (Lipinski definition) is 3. The standard InChI is InChI=1S/C65H67BN2S/c1-40-35-52-57-53(36-40)68(58-46(41-21-15-13-16-22-41)37-43(61(2,3)4)38-47(58)42-23-17-14-18-24-42)60-56(45-25-19-20-26-54(45)69-60)66(57)51-30-29-49-55(65(11,12)34-33-63(49,7)8)59(51)67(52)44-27-28-48-50(39-44)64(9,10)32-31-62(48,5)6/h13-30,35-39H,31-34H2,1-12H3. The predicted molar refractivity (Wildman–Crippen MR) is 301 cm³/mol. The van der Waals surface area contributed by atoms with Crippen LogP contribution in [0.15, 0.2) is 140 Å². The Kier molecular flexibility index (Phi) is 9.70. The lowest BCUT2D eigenvalue weighted by molar-refractivity contribution is 0.331. The molecule has 0 fully saturated rings. The van der Waals surface area contributed by atoms with Crippen LogP contribution in [0.1, 0.15) is 135 Å². The fourth-order valence-electron chi connectivity index (χ4n) is 13.0. The van der Waals surface area contributed by atoms with Crippen molar-refractivity contribution in [3.05, 3.63) is 173 Å². The van der Waals surface area contributed by atoms with E-state index in [1.807, 2.05) is 11.3 Å². The van der Waals surface area contributed by atoms with Gasteiger partial charge in [0.15, 0.2) is 0 Å². The van der Waals surface area contributed by atoms with Crippen molar-refractivity contribution < 1.29 is 0 Å². The van der Waals surface area contributed by atoms with Gasteiger partial charge in [0.2, 0.25) is 0 Å². The predicted octanol–water partition coefficient (Wildman–Crippen LogP) is 16.6. The van der Waals surface area contributed by atoms with Gasteiger partial charge >= 0.3 is 0 Å². The largest absolute Gasteiger partial charge is 0.311 e. The van der Waals surface area contributed by atoms with Crippen LogP contribution in [0, 0.1) is 6.92 Å². The number of thiophene rings is 1. The van der Waals surface area contributed by atoms with E-state index < -0.39 is 0 Å². The van der Waals surface area contributed by atoms with Gasteiger partial charge in [-0.25, -0.2) is 0 Å². The summed E-state index contributed by atoms with van der Waals surface area (Å²) in [7, 11) is 0. The first-order valence-electron chi connectivity index (χ1n) is 25.6. The SMILES string of the molecule is Cc1cc2c3c(c1)N(c1c(-c4ccccc4)cc(C(C)(C)C)cc1-c1ccccc1)c1sc4ccccc4c1B3c1ccc3c(c1N2c1ccc2c(c1)C(C)(C)CCC2(C)C)C(C)(C)CCC3(C)C. The van der Waals surface area contributed by atoms with Crippen LogP contribution in [0.5, 0.6) is 0 Å². The maximum atomic E-state index is 2.77. The summed E-state index contributed by atoms with van der Waals surface area (Å²) in [6, 6.07) is 54.4. The van der Waals surface area contributed by atoms with Crippen molar-refractivity contribution in [3.63, 3.8) is 0 Å². The summed E-state index contributed by atoms with van der Waals surface area (Å²) in [5.74, 6) is 0. The van der Waals surface area contributed by atoms with E-state index >= 15 is 0 Å². The molecule has 3 heterocycles. The summed E-state index contributed by atoms with van der Waals surface area (Å²) < 4.78 is 1.33. The van der Waals surface area contributed by atoms with E-state index in [9.17, 15) is 0 Å². The summed E-state index contributed by atoms with van der Waals surface area (Å²) in [5, 5.41) is 2.67. The minimum Gasteiger partial charge on any atom is -0.311 e. The average molecular weight is 919 g/mol. The van der Waals surface area contributed by atoms with Gasteiger partial charge in [0.1, 0.15) is 0 Å². The lowest BCUT2D eigenvalue weighted by atomic mass is 9.33. The molecule has 2 aliphatic carbocycles. The molecule has 7 aromatic carbocycles. The van der Waals surface area contributed by atoms with Gasteiger partial charge in [-0.15, -0.1) is 11.3 Å². The highest BCUT2D eigenvalue weighted by molar-refractivity contribution is 7.26. The molecule has 1 aromatic heterocycles. The Balaban J connectivity index is 1.25. The van der Waals surface area contributed by atoms with Crippen LogP contribution in [-0.4, -0.2) is 6.71 Å². The molecule has 0 radical (unpaired) electrons. The lowest BCUT2D eigenvalue weighted by Crippen LogP contribution is -2.61. The Hall–Kier alpha value is -5.84. The molecule has 0 amide bonds. The van der Waals surface area contributed by atoms with Crippen LogP contribution in [0.4, 0.5) is 33.4 Å². The molecule has 8 aromatic rings. The molecule has 346 valence electrons. The van der Waals surface area contributed by atoms with Gasteiger partial charge in [0.25, 0.3) is 6.71 Å². The number of aryl methyl sites for hydroxylation is 1. The molecule has 0 saturated carbocycles. The fourth-order valence-corrected chi connectivity index (χ4v) is 14.3. The summed E-state index contributed by atoms with van der Waals surface area (Å²) in [6.45, 7) is 29.3. The Bertz CT molecular complexity index is 3340. The van der Waals surface area contributed by atoms with Gasteiger partial charge < -0.3 is 9.80 Å². The molecule has 2 aliphatic heterocycles. The van der Waals surface area contributed by atoms with Crippen LogP contribution >= 0.6 is 11.3 Å². The first kappa shape index (κ1) is 44.4. The number of anilines is 6. The first-order chi connectivity index (χ1) is 32.7. The third-order valence-corrected chi connectivity index (χ3v) is 18.3. The second kappa shape index (κ2) is 15.1. The summed E-state index contributed by atoms with van der Waals surface area (Å²) in [5.41, 5.74) is 24.5. The second-order valence-corrected chi connectivity index (χ2v) is 25.8. The number of fused-ring (bicyclic) bond motifs is 9. The fraction of sp³-hybridized carbons (Fsp3) is 0.323. The quantitative estimate of drug-likeness (QED) is 0.162. The molecule has 69 heavy (non-hydrogen) atoms. The van der Waals surface area contributed by atoms with Crippen LogP contribution in [-0.2, 0) is 27.1 Å². The van der Waals surface area contributed by atoms with Crippen molar-refractivity contribution >= 4 is 78.0 Å². The summed E-state index contributed by atoms with van der Waals surface area (Å²) >= 11 is 1.97. The Morgan fingerprint density at radius 2 is 1.04 bits per heavy atom.